The molecule has 0 spiro atoms. The van der Waals surface area contributed by atoms with Gasteiger partial charge in [-0.25, -0.2) is 0 Å². The Labute approximate surface area is 156 Å². The van der Waals surface area contributed by atoms with Gasteiger partial charge in [-0.1, -0.05) is 37.5 Å². The van der Waals surface area contributed by atoms with Crippen LogP contribution < -0.4 is 10.1 Å². The van der Waals surface area contributed by atoms with Gasteiger partial charge in [0.25, 0.3) is 0 Å². The number of hydrogen-bond acceptors (Lipinski definition) is 3. The number of benzene rings is 1. The molecule has 0 atom stereocenters. The summed E-state index contributed by atoms with van der Waals surface area (Å²) in [7, 11) is 1.60. The van der Waals surface area contributed by atoms with Crippen LogP contribution in [-0.2, 0) is 9.59 Å². The second-order valence-electron chi connectivity index (χ2n) is 6.68. The van der Waals surface area contributed by atoms with Gasteiger partial charge in [0.05, 0.1) is 7.11 Å². The molecule has 0 saturated heterocycles. The van der Waals surface area contributed by atoms with E-state index in [1.807, 2.05) is 43.0 Å². The fourth-order valence-corrected chi connectivity index (χ4v) is 3.61. The molecule has 1 aromatic rings. The number of nitrogens with zero attached hydrogens (tertiary/aromatic N) is 1. The normalized spacial score (nSPS) is 16.3. The maximum atomic E-state index is 13.1. The molecule has 2 amide bonds. The van der Waals surface area contributed by atoms with E-state index in [2.05, 4.69) is 5.32 Å². The Morgan fingerprint density at radius 3 is 2.42 bits per heavy atom. The summed E-state index contributed by atoms with van der Waals surface area (Å²) in [6.07, 6.45) is 7.66. The first-order valence-electron chi connectivity index (χ1n) is 9.49. The van der Waals surface area contributed by atoms with Crippen LogP contribution >= 0.6 is 0 Å². The zero-order chi connectivity index (χ0) is 19.0. The Morgan fingerprint density at radius 2 is 1.81 bits per heavy atom. The van der Waals surface area contributed by atoms with Crippen molar-refractivity contribution < 1.29 is 14.3 Å². The van der Waals surface area contributed by atoms with Crippen LogP contribution in [0.25, 0.3) is 6.08 Å². The molecule has 1 aliphatic carbocycles. The quantitative estimate of drug-likeness (QED) is 0.760. The lowest BCUT2D eigenvalue weighted by atomic mass is 9.80. The average Bonchev–Trinajstić information content (AvgIpc) is 2.68. The van der Waals surface area contributed by atoms with Gasteiger partial charge in [-0.3, -0.25) is 9.59 Å². The maximum Gasteiger partial charge on any atom is 0.248 e. The highest BCUT2D eigenvalue weighted by Gasteiger charge is 2.42. The van der Waals surface area contributed by atoms with Crippen molar-refractivity contribution >= 4 is 17.9 Å². The molecular formula is C21H30N2O3. The fraction of sp³-hybridized carbons (Fsp3) is 0.524. The SMILES string of the molecule is CCN(CC)C(=O)C1(NC(=O)/C=C/c2ccccc2OC)CCCCC1. The number of nitrogens with one attached hydrogen (secondary N) is 1. The van der Waals surface area contributed by atoms with Gasteiger partial charge in [0, 0.05) is 24.7 Å². The second-order valence-corrected chi connectivity index (χ2v) is 6.68. The topological polar surface area (TPSA) is 58.6 Å². The lowest BCUT2D eigenvalue weighted by Crippen LogP contribution is -2.60. The molecule has 1 fully saturated rings. The number of carbonyl (C=O) groups is 2. The van der Waals surface area contributed by atoms with Crippen molar-refractivity contribution in [1.82, 2.24) is 10.2 Å². The van der Waals surface area contributed by atoms with Gasteiger partial charge in [0.1, 0.15) is 11.3 Å². The van der Waals surface area contributed by atoms with Crippen molar-refractivity contribution in [3.63, 3.8) is 0 Å². The zero-order valence-corrected chi connectivity index (χ0v) is 16.1. The molecule has 1 aliphatic rings. The fourth-order valence-electron chi connectivity index (χ4n) is 3.61. The van der Waals surface area contributed by atoms with E-state index < -0.39 is 5.54 Å². The van der Waals surface area contributed by atoms with Gasteiger partial charge in [-0.05, 0) is 38.8 Å². The van der Waals surface area contributed by atoms with E-state index >= 15 is 0 Å². The van der Waals surface area contributed by atoms with Gasteiger partial charge >= 0.3 is 0 Å². The predicted molar refractivity (Wildman–Crippen MR) is 104 cm³/mol. The van der Waals surface area contributed by atoms with E-state index in [4.69, 9.17) is 4.74 Å². The molecule has 2 rings (SSSR count). The van der Waals surface area contributed by atoms with Crippen LogP contribution in [0.3, 0.4) is 0 Å². The van der Waals surface area contributed by atoms with Gasteiger partial charge in [0.15, 0.2) is 0 Å². The Balaban J connectivity index is 2.16. The van der Waals surface area contributed by atoms with E-state index in [1.165, 1.54) is 6.08 Å². The number of hydrogen-bond donors (Lipinski definition) is 1. The van der Waals surface area contributed by atoms with Gasteiger partial charge in [0.2, 0.25) is 11.8 Å². The molecule has 0 heterocycles. The van der Waals surface area contributed by atoms with E-state index in [0.717, 1.165) is 24.8 Å². The first-order chi connectivity index (χ1) is 12.6. The zero-order valence-electron chi connectivity index (χ0n) is 16.1. The summed E-state index contributed by atoms with van der Waals surface area (Å²) in [5.41, 5.74) is 0.0600. The average molecular weight is 358 g/mol. The predicted octanol–water partition coefficient (Wildman–Crippen LogP) is 3.40. The molecule has 26 heavy (non-hydrogen) atoms. The van der Waals surface area contributed by atoms with E-state index in [1.54, 1.807) is 13.2 Å². The van der Waals surface area contributed by atoms with E-state index in [9.17, 15) is 9.59 Å². The van der Waals surface area contributed by atoms with Gasteiger partial charge < -0.3 is 15.0 Å². The first-order valence-corrected chi connectivity index (χ1v) is 9.49. The number of methoxy groups -OCH3 is 1. The Bertz CT molecular complexity index is 644. The smallest absolute Gasteiger partial charge is 0.248 e. The minimum Gasteiger partial charge on any atom is -0.496 e. The Hall–Kier alpha value is -2.30. The number of ether oxygens (including phenoxy) is 1. The molecule has 0 bridgehead atoms. The van der Waals surface area contributed by atoms with Crippen LogP contribution in [0.4, 0.5) is 0 Å². The first kappa shape index (κ1) is 20.0. The van der Waals surface area contributed by atoms with E-state index in [0.29, 0.717) is 31.7 Å². The number of amides is 2. The summed E-state index contributed by atoms with van der Waals surface area (Å²) >= 11 is 0. The molecule has 1 N–H and O–H groups in total. The third kappa shape index (κ3) is 4.65. The lowest BCUT2D eigenvalue weighted by Gasteiger charge is -2.39. The molecule has 0 aromatic heterocycles. The molecule has 142 valence electrons. The van der Waals surface area contributed by atoms with E-state index in [-0.39, 0.29) is 11.8 Å². The highest BCUT2D eigenvalue weighted by atomic mass is 16.5. The molecule has 5 heteroatoms. The standard InChI is InChI=1S/C21H30N2O3/c1-4-23(5-2)20(25)21(15-9-6-10-16-21)22-19(24)14-13-17-11-7-8-12-18(17)26-3/h7-8,11-14H,4-6,9-10,15-16H2,1-3H3,(H,22,24)/b14-13+. The minimum absolute atomic E-state index is 0.0428. The molecule has 1 aromatic carbocycles. The number of para-hydroxylation sites is 1. The van der Waals surface area contributed by atoms with Crippen LogP contribution in [-0.4, -0.2) is 42.5 Å². The summed E-state index contributed by atoms with van der Waals surface area (Å²) in [6.45, 7) is 5.26. The second kappa shape index (κ2) is 9.41. The van der Waals surface area contributed by atoms with Crippen molar-refractivity contribution in [2.75, 3.05) is 20.2 Å². The van der Waals surface area contributed by atoms with Crippen molar-refractivity contribution in [2.24, 2.45) is 0 Å². The van der Waals surface area contributed by atoms with Crippen LogP contribution in [0.2, 0.25) is 0 Å². The summed E-state index contributed by atoms with van der Waals surface area (Å²) < 4.78 is 5.30. The summed E-state index contributed by atoms with van der Waals surface area (Å²) in [5.74, 6) is 0.516. The Morgan fingerprint density at radius 1 is 1.15 bits per heavy atom. The van der Waals surface area contributed by atoms with Crippen molar-refractivity contribution in [2.45, 2.75) is 51.5 Å². The number of rotatable bonds is 7. The molecule has 1 saturated carbocycles. The molecular weight excluding hydrogens is 328 g/mol. The number of carbonyl (C=O) groups excluding carboxylic acids is 2. The molecule has 0 aliphatic heterocycles. The molecule has 0 radical (unpaired) electrons. The van der Waals surface area contributed by atoms with Crippen LogP contribution in [0.15, 0.2) is 30.3 Å². The van der Waals surface area contributed by atoms with Crippen molar-refractivity contribution in [3.05, 3.63) is 35.9 Å². The monoisotopic (exact) mass is 358 g/mol. The highest BCUT2D eigenvalue weighted by Crippen LogP contribution is 2.30. The van der Waals surface area contributed by atoms with Gasteiger partial charge in [-0.2, -0.15) is 0 Å². The number of likely N-dealkylation sites (N-methyl/N-ethyl adjacent to an activating group) is 1. The molecule has 0 unspecified atom stereocenters. The summed E-state index contributed by atoms with van der Waals surface area (Å²) in [5, 5.41) is 3.03. The minimum atomic E-state index is -0.771. The van der Waals surface area contributed by atoms with Crippen molar-refractivity contribution in [3.8, 4) is 5.75 Å². The van der Waals surface area contributed by atoms with Crippen LogP contribution in [0, 0.1) is 0 Å². The van der Waals surface area contributed by atoms with Crippen LogP contribution in [0.1, 0.15) is 51.5 Å². The third-order valence-electron chi connectivity index (χ3n) is 5.08. The largest absolute Gasteiger partial charge is 0.496 e. The van der Waals surface area contributed by atoms with Crippen LogP contribution in [0.5, 0.6) is 5.75 Å². The third-order valence-corrected chi connectivity index (χ3v) is 5.08. The maximum absolute atomic E-state index is 13.1. The lowest BCUT2D eigenvalue weighted by molar-refractivity contribution is -0.142. The highest BCUT2D eigenvalue weighted by molar-refractivity contribution is 5.97. The molecule has 5 nitrogen and oxygen atoms in total. The van der Waals surface area contributed by atoms with Crippen molar-refractivity contribution in [1.29, 1.82) is 0 Å². The summed E-state index contributed by atoms with van der Waals surface area (Å²) in [6, 6.07) is 7.52. The Kier molecular flexibility index (Phi) is 7.25. The summed E-state index contributed by atoms with van der Waals surface area (Å²) in [4.78, 5) is 27.5. The van der Waals surface area contributed by atoms with Gasteiger partial charge in [-0.15, -0.1) is 0 Å².